The van der Waals surface area contributed by atoms with Gasteiger partial charge in [0, 0.05) is 18.5 Å². The van der Waals surface area contributed by atoms with E-state index in [4.69, 9.17) is 14.2 Å². The van der Waals surface area contributed by atoms with Crippen molar-refractivity contribution in [2.75, 3.05) is 19.8 Å². The van der Waals surface area contributed by atoms with Crippen LogP contribution in [0.3, 0.4) is 0 Å². The fourth-order valence-corrected chi connectivity index (χ4v) is 2.53. The number of cyclic esters (lactones) is 2. The average Bonchev–Trinajstić information content (AvgIpc) is 3.00. The molecule has 0 bridgehead atoms. The van der Waals surface area contributed by atoms with Crippen molar-refractivity contribution in [3.05, 3.63) is 11.6 Å². The number of carbonyl (C=O) groups is 3. The fourth-order valence-electron chi connectivity index (χ4n) is 2.53. The van der Waals surface area contributed by atoms with Crippen LogP contribution < -0.4 is 0 Å². The number of ether oxygens (including phenoxy) is 3. The van der Waals surface area contributed by atoms with Crippen LogP contribution in [0.4, 0.5) is 4.79 Å². The molecule has 24 heavy (non-hydrogen) atoms. The molecule has 2 aliphatic heterocycles. The van der Waals surface area contributed by atoms with Crippen molar-refractivity contribution < 1.29 is 33.7 Å². The van der Waals surface area contributed by atoms with Crippen LogP contribution in [-0.4, -0.2) is 65.5 Å². The summed E-state index contributed by atoms with van der Waals surface area (Å²) in [5.41, 5.74) is -0.152. The summed E-state index contributed by atoms with van der Waals surface area (Å²) in [5.74, 6) is -0.944. The first-order valence-electron chi connectivity index (χ1n) is 7.87. The lowest BCUT2D eigenvalue weighted by Crippen LogP contribution is -2.43. The summed E-state index contributed by atoms with van der Waals surface area (Å²) in [6, 6.07) is -0.667. The molecule has 0 radical (unpaired) electrons. The summed E-state index contributed by atoms with van der Waals surface area (Å²) in [6.45, 7) is 5.63. The van der Waals surface area contributed by atoms with E-state index in [0.717, 1.165) is 0 Å². The molecule has 8 heteroatoms. The van der Waals surface area contributed by atoms with Gasteiger partial charge in [-0.15, -0.1) is 0 Å². The first-order valence-corrected chi connectivity index (χ1v) is 7.87. The number of nitrogens with zero attached hydrogens (tertiary/aromatic N) is 1. The molecule has 2 atom stereocenters. The largest absolute Gasteiger partial charge is 0.462 e. The van der Waals surface area contributed by atoms with E-state index in [1.807, 2.05) is 0 Å². The van der Waals surface area contributed by atoms with E-state index in [1.165, 1.54) is 4.90 Å². The Morgan fingerprint density at radius 3 is 2.71 bits per heavy atom. The van der Waals surface area contributed by atoms with Crippen LogP contribution in [0.5, 0.6) is 0 Å². The van der Waals surface area contributed by atoms with Crippen molar-refractivity contribution in [1.29, 1.82) is 0 Å². The second kappa shape index (κ2) is 7.21. The molecule has 2 fully saturated rings. The third kappa shape index (κ3) is 4.70. The van der Waals surface area contributed by atoms with Gasteiger partial charge in [-0.1, -0.05) is 6.08 Å². The number of hydrogen-bond donors (Lipinski definition) is 1. The Labute approximate surface area is 140 Å². The van der Waals surface area contributed by atoms with Crippen LogP contribution >= 0.6 is 0 Å². The van der Waals surface area contributed by atoms with Crippen molar-refractivity contribution in [1.82, 2.24) is 4.90 Å². The second-order valence-electron chi connectivity index (χ2n) is 6.77. The minimum atomic E-state index is -1.11. The van der Waals surface area contributed by atoms with Crippen molar-refractivity contribution in [3.63, 3.8) is 0 Å². The number of amides is 1. The van der Waals surface area contributed by atoms with E-state index >= 15 is 0 Å². The van der Waals surface area contributed by atoms with Gasteiger partial charge in [0.1, 0.15) is 12.2 Å². The number of aliphatic hydroxyl groups is 1. The molecule has 2 heterocycles. The lowest BCUT2D eigenvalue weighted by atomic mass is 10.1. The highest BCUT2D eigenvalue weighted by atomic mass is 16.6. The van der Waals surface area contributed by atoms with Crippen LogP contribution in [0.1, 0.15) is 33.6 Å². The molecule has 0 spiro atoms. The average molecular weight is 341 g/mol. The highest BCUT2D eigenvalue weighted by Gasteiger charge is 2.38. The number of carbonyl (C=O) groups excluding carboxylic acids is 3. The molecule has 0 aromatic carbocycles. The number of esters is 2. The predicted octanol–water partition coefficient (Wildman–Crippen LogP) is 0.773. The Balaban J connectivity index is 1.96. The first-order chi connectivity index (χ1) is 11.2. The predicted molar refractivity (Wildman–Crippen MR) is 82.0 cm³/mol. The fraction of sp³-hybridized carbons (Fsp3) is 0.688. The van der Waals surface area contributed by atoms with Gasteiger partial charge in [-0.2, -0.15) is 0 Å². The molecular weight excluding hydrogens is 318 g/mol. The van der Waals surface area contributed by atoms with Gasteiger partial charge < -0.3 is 19.3 Å². The monoisotopic (exact) mass is 341 g/mol. The first kappa shape index (κ1) is 18.3. The Morgan fingerprint density at radius 1 is 1.42 bits per heavy atom. The summed E-state index contributed by atoms with van der Waals surface area (Å²) in [6.07, 6.45) is 0.141. The van der Waals surface area contributed by atoms with Gasteiger partial charge in [0.25, 0.3) is 0 Å². The lowest BCUT2D eigenvalue weighted by Gasteiger charge is -2.26. The molecule has 1 N–H and O–H groups in total. The molecule has 2 rings (SSSR count). The van der Waals surface area contributed by atoms with Gasteiger partial charge in [0.15, 0.2) is 0 Å². The molecule has 0 saturated carbocycles. The van der Waals surface area contributed by atoms with E-state index in [-0.39, 0.29) is 19.6 Å². The van der Waals surface area contributed by atoms with Crippen LogP contribution in [0.2, 0.25) is 0 Å². The molecule has 2 saturated heterocycles. The maximum Gasteiger partial charge on any atom is 0.410 e. The maximum atomic E-state index is 11.8. The highest BCUT2D eigenvalue weighted by molar-refractivity contribution is 5.90. The summed E-state index contributed by atoms with van der Waals surface area (Å²) in [5, 5.41) is 10.3. The van der Waals surface area contributed by atoms with Crippen LogP contribution in [0, 0.1) is 0 Å². The van der Waals surface area contributed by atoms with E-state index in [9.17, 15) is 19.5 Å². The zero-order valence-electron chi connectivity index (χ0n) is 14.1. The van der Waals surface area contributed by atoms with Crippen LogP contribution in [0.15, 0.2) is 11.6 Å². The Kier molecular flexibility index (Phi) is 5.48. The molecule has 0 aromatic heterocycles. The van der Waals surface area contributed by atoms with Crippen molar-refractivity contribution in [3.8, 4) is 0 Å². The summed E-state index contributed by atoms with van der Waals surface area (Å²) >= 11 is 0. The molecule has 2 aliphatic rings. The molecule has 1 unspecified atom stereocenters. The highest BCUT2D eigenvalue weighted by Crippen LogP contribution is 2.20. The minimum Gasteiger partial charge on any atom is -0.462 e. The molecule has 0 aliphatic carbocycles. The Bertz CT molecular complexity index is 549. The second-order valence-corrected chi connectivity index (χ2v) is 6.77. The van der Waals surface area contributed by atoms with Gasteiger partial charge in [-0.05, 0) is 20.8 Å². The third-order valence-electron chi connectivity index (χ3n) is 3.65. The molecular formula is C16H23NO7. The van der Waals surface area contributed by atoms with Gasteiger partial charge in [-0.3, -0.25) is 9.69 Å². The summed E-state index contributed by atoms with van der Waals surface area (Å²) in [7, 11) is 0. The van der Waals surface area contributed by atoms with Crippen LogP contribution in [0.25, 0.3) is 0 Å². The van der Waals surface area contributed by atoms with Crippen molar-refractivity contribution >= 4 is 18.0 Å². The van der Waals surface area contributed by atoms with Crippen molar-refractivity contribution in [2.45, 2.75) is 51.4 Å². The van der Waals surface area contributed by atoms with E-state index in [1.54, 1.807) is 26.8 Å². The van der Waals surface area contributed by atoms with Gasteiger partial charge >= 0.3 is 18.0 Å². The van der Waals surface area contributed by atoms with Gasteiger partial charge in [-0.25, -0.2) is 9.59 Å². The van der Waals surface area contributed by atoms with Gasteiger partial charge in [0.05, 0.1) is 25.2 Å². The van der Waals surface area contributed by atoms with E-state index < -0.39 is 35.8 Å². The minimum absolute atomic E-state index is 0.0174. The molecule has 0 aromatic rings. The third-order valence-corrected chi connectivity index (χ3v) is 3.65. The quantitative estimate of drug-likeness (QED) is 0.448. The number of hydrogen-bond acceptors (Lipinski definition) is 7. The standard InChI is InChI=1S/C16H23NO7/c1-16(2,3)24-13(19)8-12(18)11-9-23-15(21)17(11)6-4-10-5-7-22-14(10)20/h4,11-12,18H,5-9H2,1-3H3/t11-,12?/m1/s1. The summed E-state index contributed by atoms with van der Waals surface area (Å²) < 4.78 is 15.0. The van der Waals surface area contributed by atoms with Crippen molar-refractivity contribution in [2.24, 2.45) is 0 Å². The smallest absolute Gasteiger partial charge is 0.410 e. The van der Waals surface area contributed by atoms with Gasteiger partial charge in [0.2, 0.25) is 0 Å². The maximum absolute atomic E-state index is 11.8. The zero-order valence-corrected chi connectivity index (χ0v) is 14.1. The van der Waals surface area contributed by atoms with E-state index in [0.29, 0.717) is 18.6 Å². The van der Waals surface area contributed by atoms with E-state index in [2.05, 4.69) is 0 Å². The molecule has 1 amide bonds. The Hall–Kier alpha value is -2.09. The zero-order chi connectivity index (χ0) is 17.9. The molecule has 134 valence electrons. The summed E-state index contributed by atoms with van der Waals surface area (Å²) in [4.78, 5) is 36.4. The molecule has 8 nitrogen and oxygen atoms in total. The van der Waals surface area contributed by atoms with Crippen LogP contribution in [-0.2, 0) is 23.8 Å². The lowest BCUT2D eigenvalue weighted by molar-refractivity contribution is -0.157. The normalized spacial score (nSPS) is 24.1. The number of aliphatic hydroxyl groups excluding tert-OH is 1. The SMILES string of the molecule is CC(C)(C)OC(=O)CC(O)[C@H]1COC(=O)N1CC=C1CCOC1=O. The number of rotatable bonds is 5. The topological polar surface area (TPSA) is 102 Å². The Morgan fingerprint density at radius 2 is 2.12 bits per heavy atom.